The lowest BCUT2D eigenvalue weighted by atomic mass is 10.00. The third-order valence-electron chi connectivity index (χ3n) is 2.48. The third kappa shape index (κ3) is 3.99. The summed E-state index contributed by atoms with van der Waals surface area (Å²) in [6.07, 6.45) is 2.29. The van der Waals surface area contributed by atoms with Gasteiger partial charge < -0.3 is 10.2 Å². The van der Waals surface area contributed by atoms with Crippen LogP contribution < -0.4 is 5.32 Å². The van der Waals surface area contributed by atoms with E-state index < -0.39 is 0 Å². The van der Waals surface area contributed by atoms with Crippen LogP contribution in [0.5, 0.6) is 0 Å². The van der Waals surface area contributed by atoms with E-state index in [2.05, 4.69) is 12.2 Å². The molecule has 0 bridgehead atoms. The number of hydrogen-bond donors (Lipinski definition) is 1. The van der Waals surface area contributed by atoms with Crippen molar-refractivity contribution in [3.05, 3.63) is 0 Å². The first-order valence-corrected chi connectivity index (χ1v) is 5.15. The average Bonchev–Trinajstić information content (AvgIpc) is 2.04. The van der Waals surface area contributed by atoms with Crippen LogP contribution in [0.2, 0.25) is 0 Å². The van der Waals surface area contributed by atoms with Crippen LogP contribution in [0.1, 0.15) is 41.0 Å². The van der Waals surface area contributed by atoms with Crippen molar-refractivity contribution in [3.63, 3.8) is 0 Å². The van der Waals surface area contributed by atoms with Gasteiger partial charge in [0.2, 0.25) is 0 Å². The Morgan fingerprint density at radius 2 is 1.86 bits per heavy atom. The summed E-state index contributed by atoms with van der Waals surface area (Å²) in [5.74, 6) is 0.781. The highest BCUT2D eigenvalue weighted by molar-refractivity contribution is 5.74. The summed E-state index contributed by atoms with van der Waals surface area (Å²) in [6, 6.07) is 0.341. The molecule has 3 nitrogen and oxygen atoms in total. The van der Waals surface area contributed by atoms with E-state index in [1.165, 1.54) is 0 Å². The largest absolute Gasteiger partial charge is 0.336 e. The molecule has 0 saturated carbocycles. The van der Waals surface area contributed by atoms with Gasteiger partial charge in [-0.3, -0.25) is 0 Å². The molecule has 0 unspecified atom stereocenters. The zero-order valence-corrected chi connectivity index (χ0v) is 8.84. The minimum atomic E-state index is 0. The Morgan fingerprint density at radius 3 is 2.29 bits per heavy atom. The van der Waals surface area contributed by atoms with Crippen molar-refractivity contribution < 1.29 is 4.79 Å². The number of carbonyl (C=O) groups is 1. The van der Waals surface area contributed by atoms with Crippen LogP contribution in [0.4, 0.5) is 4.79 Å². The van der Waals surface area contributed by atoms with Gasteiger partial charge in [0.15, 0.2) is 0 Å². The normalized spacial score (nSPS) is 17.9. The van der Waals surface area contributed by atoms with Gasteiger partial charge in [0.25, 0.3) is 0 Å². The maximum atomic E-state index is 11.5. The molecular formula is C11H24N2O. The molecule has 0 aliphatic carbocycles. The van der Waals surface area contributed by atoms with Crippen molar-refractivity contribution in [3.8, 4) is 0 Å². The Kier molecular flexibility index (Phi) is 5.58. The molecule has 14 heavy (non-hydrogen) atoms. The number of likely N-dealkylation sites (tertiary alicyclic amines) is 1. The molecule has 1 saturated heterocycles. The van der Waals surface area contributed by atoms with E-state index in [4.69, 9.17) is 0 Å². The smallest absolute Gasteiger partial charge is 0.317 e. The van der Waals surface area contributed by atoms with Crippen molar-refractivity contribution in [2.45, 2.75) is 47.1 Å². The molecule has 1 fully saturated rings. The van der Waals surface area contributed by atoms with Gasteiger partial charge in [-0.05, 0) is 32.6 Å². The van der Waals surface area contributed by atoms with Crippen LogP contribution in [-0.2, 0) is 0 Å². The molecule has 3 heteroatoms. The molecule has 0 aromatic heterocycles. The fourth-order valence-corrected chi connectivity index (χ4v) is 1.55. The number of nitrogens with zero attached hydrogens (tertiary/aromatic N) is 1. The van der Waals surface area contributed by atoms with Crippen LogP contribution in [-0.4, -0.2) is 30.1 Å². The molecule has 2 amide bonds. The van der Waals surface area contributed by atoms with E-state index in [9.17, 15) is 4.79 Å². The molecule has 0 spiro atoms. The standard InChI is InChI=1S/C10H20N2O.CH4/c1-8(2)11-10(13)12-6-4-9(3)5-7-12;/h8-9H,4-7H2,1-3H3,(H,11,13);1H4. The molecule has 0 radical (unpaired) electrons. The molecule has 1 aliphatic rings. The summed E-state index contributed by atoms with van der Waals surface area (Å²) in [5.41, 5.74) is 0. The van der Waals surface area contributed by atoms with Gasteiger partial charge in [0, 0.05) is 19.1 Å². The lowest BCUT2D eigenvalue weighted by molar-refractivity contribution is 0.172. The molecule has 84 valence electrons. The van der Waals surface area contributed by atoms with Crippen molar-refractivity contribution in [2.24, 2.45) is 5.92 Å². The van der Waals surface area contributed by atoms with Gasteiger partial charge in [0.05, 0.1) is 0 Å². The van der Waals surface area contributed by atoms with Crippen LogP contribution >= 0.6 is 0 Å². The minimum Gasteiger partial charge on any atom is -0.336 e. The fraction of sp³-hybridized carbons (Fsp3) is 0.909. The maximum Gasteiger partial charge on any atom is 0.317 e. The summed E-state index contributed by atoms with van der Waals surface area (Å²) < 4.78 is 0. The zero-order chi connectivity index (χ0) is 9.84. The molecule has 1 heterocycles. The number of nitrogens with one attached hydrogen (secondary N) is 1. The van der Waals surface area contributed by atoms with E-state index in [-0.39, 0.29) is 19.5 Å². The highest BCUT2D eigenvalue weighted by Gasteiger charge is 2.19. The van der Waals surface area contributed by atoms with Gasteiger partial charge in [-0.1, -0.05) is 14.4 Å². The van der Waals surface area contributed by atoms with Crippen LogP contribution in [0.3, 0.4) is 0 Å². The Labute approximate surface area is 87.9 Å². The first-order valence-electron chi connectivity index (χ1n) is 5.15. The molecule has 1 aliphatic heterocycles. The molecule has 1 rings (SSSR count). The lowest BCUT2D eigenvalue weighted by Crippen LogP contribution is -2.46. The Bertz CT molecular complexity index is 172. The van der Waals surface area contributed by atoms with Crippen molar-refractivity contribution in [2.75, 3.05) is 13.1 Å². The van der Waals surface area contributed by atoms with E-state index in [1.54, 1.807) is 0 Å². The number of amides is 2. The number of carbonyl (C=O) groups excluding carboxylic acids is 1. The summed E-state index contributed by atoms with van der Waals surface area (Å²) in [6.45, 7) is 8.06. The topological polar surface area (TPSA) is 32.3 Å². The van der Waals surface area contributed by atoms with Gasteiger partial charge in [-0.15, -0.1) is 0 Å². The maximum absolute atomic E-state index is 11.5. The number of rotatable bonds is 1. The van der Waals surface area contributed by atoms with Gasteiger partial charge in [-0.2, -0.15) is 0 Å². The van der Waals surface area contributed by atoms with Crippen molar-refractivity contribution >= 4 is 6.03 Å². The molecule has 0 atom stereocenters. The summed E-state index contributed by atoms with van der Waals surface area (Å²) in [4.78, 5) is 13.4. The second-order valence-electron chi connectivity index (χ2n) is 4.27. The average molecular weight is 200 g/mol. The zero-order valence-electron chi connectivity index (χ0n) is 8.84. The van der Waals surface area contributed by atoms with Gasteiger partial charge in [0.1, 0.15) is 0 Å². The lowest BCUT2D eigenvalue weighted by Gasteiger charge is -2.30. The SMILES string of the molecule is C.CC1CCN(C(=O)NC(C)C)CC1. The third-order valence-corrected chi connectivity index (χ3v) is 2.48. The second kappa shape index (κ2) is 5.89. The van der Waals surface area contributed by atoms with Gasteiger partial charge in [-0.25, -0.2) is 4.79 Å². The first kappa shape index (κ1) is 13.3. The summed E-state index contributed by atoms with van der Waals surface area (Å²) in [7, 11) is 0. The molecular weight excluding hydrogens is 176 g/mol. The number of hydrogen-bond acceptors (Lipinski definition) is 1. The molecule has 0 aromatic carbocycles. The number of urea groups is 1. The number of piperidine rings is 1. The summed E-state index contributed by atoms with van der Waals surface area (Å²) in [5, 5.41) is 2.91. The predicted molar refractivity (Wildman–Crippen MR) is 60.4 cm³/mol. The van der Waals surface area contributed by atoms with Crippen LogP contribution in [0, 0.1) is 5.92 Å². The fourth-order valence-electron chi connectivity index (χ4n) is 1.55. The molecule has 0 aromatic rings. The van der Waals surface area contributed by atoms with E-state index in [1.807, 2.05) is 18.7 Å². The van der Waals surface area contributed by atoms with E-state index in [0.717, 1.165) is 31.8 Å². The molecule has 1 N–H and O–H groups in total. The van der Waals surface area contributed by atoms with Crippen LogP contribution in [0.15, 0.2) is 0 Å². The van der Waals surface area contributed by atoms with Crippen LogP contribution in [0.25, 0.3) is 0 Å². The monoisotopic (exact) mass is 200 g/mol. The van der Waals surface area contributed by atoms with Crippen molar-refractivity contribution in [1.82, 2.24) is 10.2 Å². The van der Waals surface area contributed by atoms with E-state index in [0.29, 0.717) is 0 Å². The summed E-state index contributed by atoms with van der Waals surface area (Å²) >= 11 is 0. The Hall–Kier alpha value is -0.730. The second-order valence-corrected chi connectivity index (χ2v) is 4.27. The van der Waals surface area contributed by atoms with Crippen molar-refractivity contribution in [1.29, 1.82) is 0 Å². The highest BCUT2D eigenvalue weighted by atomic mass is 16.2. The first-order chi connectivity index (χ1) is 6.09. The predicted octanol–water partition coefficient (Wildman–Crippen LogP) is 2.47. The van der Waals surface area contributed by atoms with E-state index >= 15 is 0 Å². The minimum absolute atomic E-state index is 0. The Balaban J connectivity index is 0.00000169. The highest BCUT2D eigenvalue weighted by Crippen LogP contribution is 2.15. The quantitative estimate of drug-likeness (QED) is 0.693. The van der Waals surface area contributed by atoms with Gasteiger partial charge >= 0.3 is 6.03 Å². The Morgan fingerprint density at radius 1 is 1.36 bits per heavy atom.